The summed E-state index contributed by atoms with van der Waals surface area (Å²) in [6, 6.07) is 5.99. The molecule has 1 aromatic heterocycles. The quantitative estimate of drug-likeness (QED) is 0.754. The average molecular weight is 341 g/mol. The Bertz CT molecular complexity index is 559. The molecule has 0 aliphatic heterocycles. The smallest absolute Gasteiger partial charge is 0.320 e. The summed E-state index contributed by atoms with van der Waals surface area (Å²) in [5.41, 5.74) is 0.813. The van der Waals surface area contributed by atoms with Crippen molar-refractivity contribution in [1.82, 2.24) is 15.5 Å². The Morgan fingerprint density at radius 3 is 2.90 bits per heavy atom. The first-order valence-electron chi connectivity index (χ1n) is 6.36. The molecule has 0 amide bonds. The Kier molecular flexibility index (Phi) is 5.37. The van der Waals surface area contributed by atoms with Crippen molar-refractivity contribution in [2.45, 2.75) is 19.9 Å². The Balaban J connectivity index is 2.01. The van der Waals surface area contributed by atoms with Gasteiger partial charge in [0.15, 0.2) is 0 Å². The molecule has 0 fully saturated rings. The van der Waals surface area contributed by atoms with E-state index in [0.717, 1.165) is 28.9 Å². The second kappa shape index (κ2) is 7.25. The lowest BCUT2D eigenvalue weighted by Gasteiger charge is -2.05. The van der Waals surface area contributed by atoms with E-state index in [0.29, 0.717) is 18.5 Å². The van der Waals surface area contributed by atoms with Crippen LogP contribution in [0.4, 0.5) is 11.7 Å². The van der Waals surface area contributed by atoms with Gasteiger partial charge < -0.3 is 19.8 Å². The second-order valence-corrected chi connectivity index (χ2v) is 5.10. The number of halogens is 1. The maximum atomic E-state index is 5.50. The van der Waals surface area contributed by atoms with Crippen molar-refractivity contribution in [2.75, 3.05) is 19.0 Å². The molecule has 2 aromatic rings. The zero-order valence-corrected chi connectivity index (χ0v) is 13.0. The largest absolute Gasteiger partial charge is 0.497 e. The van der Waals surface area contributed by atoms with Gasteiger partial charge in [-0.3, -0.25) is 0 Å². The number of ether oxygens (including phenoxy) is 1. The minimum Gasteiger partial charge on any atom is -0.497 e. The minimum atomic E-state index is 0.360. The predicted molar refractivity (Wildman–Crippen MR) is 80.3 cm³/mol. The predicted octanol–water partition coefficient (Wildman–Crippen LogP) is 3.08. The number of hydrogen-bond donors (Lipinski definition) is 2. The first-order chi connectivity index (χ1) is 9.71. The summed E-state index contributed by atoms with van der Waals surface area (Å²) in [7, 11) is 1.62. The third kappa shape index (κ3) is 4.21. The highest BCUT2D eigenvalue weighted by Gasteiger charge is 2.07. The fourth-order valence-corrected chi connectivity index (χ4v) is 2.10. The van der Waals surface area contributed by atoms with Gasteiger partial charge in [-0.05, 0) is 25.1 Å². The van der Waals surface area contributed by atoms with Gasteiger partial charge in [0.2, 0.25) is 5.89 Å². The highest BCUT2D eigenvalue weighted by Crippen LogP contribution is 2.26. The van der Waals surface area contributed by atoms with Crippen molar-refractivity contribution in [3.05, 3.63) is 28.6 Å². The number of methoxy groups -OCH3 is 1. The van der Waals surface area contributed by atoms with E-state index in [1.165, 1.54) is 0 Å². The van der Waals surface area contributed by atoms with Crippen LogP contribution in [0.15, 0.2) is 27.1 Å². The summed E-state index contributed by atoms with van der Waals surface area (Å²) < 4.78 is 11.6. The zero-order chi connectivity index (χ0) is 14.4. The van der Waals surface area contributed by atoms with Gasteiger partial charge in [0, 0.05) is 16.2 Å². The Morgan fingerprint density at radius 2 is 2.15 bits per heavy atom. The van der Waals surface area contributed by atoms with Crippen LogP contribution >= 0.6 is 15.9 Å². The normalized spacial score (nSPS) is 10.6. The van der Waals surface area contributed by atoms with Crippen molar-refractivity contribution in [2.24, 2.45) is 0 Å². The highest BCUT2D eigenvalue weighted by atomic mass is 79.9. The van der Waals surface area contributed by atoms with Gasteiger partial charge in [-0.25, -0.2) is 0 Å². The number of aromatic nitrogens is 2. The molecule has 0 saturated heterocycles. The molecule has 20 heavy (non-hydrogen) atoms. The number of anilines is 2. The van der Waals surface area contributed by atoms with E-state index < -0.39 is 0 Å². The molecule has 0 radical (unpaired) electrons. The Hall–Kier alpha value is -1.60. The topological polar surface area (TPSA) is 72.2 Å². The van der Waals surface area contributed by atoms with Crippen molar-refractivity contribution in [1.29, 1.82) is 0 Å². The van der Waals surface area contributed by atoms with E-state index >= 15 is 0 Å². The fourth-order valence-electron chi connectivity index (χ4n) is 1.62. The number of nitrogens with one attached hydrogen (secondary N) is 2. The maximum Gasteiger partial charge on any atom is 0.320 e. The summed E-state index contributed by atoms with van der Waals surface area (Å²) in [5.74, 6) is 1.30. The lowest BCUT2D eigenvalue weighted by molar-refractivity contribution is 0.414. The molecule has 0 aliphatic carbocycles. The number of hydrogen-bond acceptors (Lipinski definition) is 6. The van der Waals surface area contributed by atoms with Crippen molar-refractivity contribution >= 4 is 27.6 Å². The lowest BCUT2D eigenvalue weighted by atomic mass is 10.3. The molecule has 0 atom stereocenters. The zero-order valence-electron chi connectivity index (χ0n) is 11.4. The monoisotopic (exact) mass is 340 g/mol. The lowest BCUT2D eigenvalue weighted by Crippen LogP contribution is -2.13. The molecule has 7 heteroatoms. The number of benzene rings is 1. The summed E-state index contributed by atoms with van der Waals surface area (Å²) in [5, 5.41) is 14.2. The van der Waals surface area contributed by atoms with Crippen LogP contribution in [0.25, 0.3) is 0 Å². The van der Waals surface area contributed by atoms with Crippen LogP contribution in [0.3, 0.4) is 0 Å². The molecule has 2 N–H and O–H groups in total. The second-order valence-electron chi connectivity index (χ2n) is 4.18. The van der Waals surface area contributed by atoms with E-state index in [9.17, 15) is 0 Å². The maximum absolute atomic E-state index is 5.50. The molecule has 1 aromatic carbocycles. The van der Waals surface area contributed by atoms with Crippen molar-refractivity contribution < 1.29 is 9.15 Å². The molecule has 0 unspecified atom stereocenters. The van der Waals surface area contributed by atoms with Crippen LogP contribution in [-0.4, -0.2) is 23.9 Å². The molecule has 6 nitrogen and oxygen atoms in total. The fraction of sp³-hybridized carbons (Fsp3) is 0.385. The van der Waals surface area contributed by atoms with Gasteiger partial charge in [-0.1, -0.05) is 28.0 Å². The molecular weight excluding hydrogens is 324 g/mol. The van der Waals surface area contributed by atoms with Crippen molar-refractivity contribution in [3.8, 4) is 5.75 Å². The van der Waals surface area contributed by atoms with Crippen LogP contribution in [-0.2, 0) is 6.54 Å². The standard InChI is InChI=1S/C13H17BrN4O2/c1-3-4-15-8-12-17-18-13(20-12)16-10-5-9(14)6-11(7-10)19-2/h5-7,15H,3-4,8H2,1-2H3,(H,16,18). The van der Waals surface area contributed by atoms with E-state index in [1.54, 1.807) is 7.11 Å². The van der Waals surface area contributed by atoms with Crippen LogP contribution < -0.4 is 15.4 Å². The van der Waals surface area contributed by atoms with Gasteiger partial charge in [0.05, 0.1) is 13.7 Å². The van der Waals surface area contributed by atoms with E-state index in [2.05, 4.69) is 43.7 Å². The molecule has 1 heterocycles. The molecule has 108 valence electrons. The molecule has 0 saturated carbocycles. The van der Waals surface area contributed by atoms with Crippen LogP contribution in [0.5, 0.6) is 5.75 Å². The SMILES string of the molecule is CCCNCc1nnc(Nc2cc(Br)cc(OC)c2)o1. The van der Waals surface area contributed by atoms with Crippen LogP contribution in [0.1, 0.15) is 19.2 Å². The summed E-state index contributed by atoms with van der Waals surface area (Å²) in [6.07, 6.45) is 1.07. The van der Waals surface area contributed by atoms with Crippen molar-refractivity contribution in [3.63, 3.8) is 0 Å². The molecule has 0 bridgehead atoms. The van der Waals surface area contributed by atoms with Gasteiger partial charge in [-0.15, -0.1) is 5.10 Å². The molecule has 0 spiro atoms. The van der Waals surface area contributed by atoms with E-state index in [4.69, 9.17) is 9.15 Å². The number of nitrogens with zero attached hydrogens (tertiary/aromatic N) is 2. The Labute approximate surface area is 126 Å². The summed E-state index contributed by atoms with van der Waals surface area (Å²) in [6.45, 7) is 3.60. The Morgan fingerprint density at radius 1 is 1.30 bits per heavy atom. The minimum absolute atomic E-state index is 0.360. The van der Waals surface area contributed by atoms with Gasteiger partial charge in [0.25, 0.3) is 0 Å². The highest BCUT2D eigenvalue weighted by molar-refractivity contribution is 9.10. The average Bonchev–Trinajstić information content (AvgIpc) is 2.86. The van der Waals surface area contributed by atoms with Gasteiger partial charge in [-0.2, -0.15) is 0 Å². The summed E-state index contributed by atoms with van der Waals surface area (Å²) in [4.78, 5) is 0. The van der Waals surface area contributed by atoms with E-state index in [1.807, 2.05) is 18.2 Å². The van der Waals surface area contributed by atoms with Gasteiger partial charge in [0.1, 0.15) is 5.75 Å². The molecule has 0 aliphatic rings. The third-order valence-corrected chi connectivity index (χ3v) is 2.99. The molecule has 2 rings (SSSR count). The molecular formula is C13H17BrN4O2. The van der Waals surface area contributed by atoms with Gasteiger partial charge >= 0.3 is 6.01 Å². The first kappa shape index (κ1) is 14.8. The van der Waals surface area contributed by atoms with Crippen LogP contribution in [0, 0.1) is 0 Å². The number of rotatable bonds is 7. The summed E-state index contributed by atoms with van der Waals surface area (Å²) >= 11 is 3.42. The first-order valence-corrected chi connectivity index (χ1v) is 7.15. The van der Waals surface area contributed by atoms with E-state index in [-0.39, 0.29) is 0 Å². The van der Waals surface area contributed by atoms with Crippen LogP contribution in [0.2, 0.25) is 0 Å². The third-order valence-electron chi connectivity index (χ3n) is 2.53.